The third-order valence-electron chi connectivity index (χ3n) is 12.7. The van der Waals surface area contributed by atoms with E-state index >= 15 is 0 Å². The van der Waals surface area contributed by atoms with Crippen LogP contribution in [0.25, 0.3) is 0 Å². The SMILES string of the molecule is CC/C=C\C/C=C\C/C=C\C/C=C\C/C=C\C/C=C\CCC(=O)OC[C@@H](COC(=O)CCCCCCCCC/C=C\C/C=C\CCCCC)OC(=O)CCCCCCCCCCC/C=C\CCCCCCCC. The zero-order chi connectivity index (χ0) is 52.9. The normalized spacial score (nSPS) is 12.9. The number of carbonyl (C=O) groups excluding carboxylic acids is 3. The lowest BCUT2D eigenvalue weighted by Crippen LogP contribution is -2.30. The third-order valence-corrected chi connectivity index (χ3v) is 12.7. The summed E-state index contributed by atoms with van der Waals surface area (Å²) in [5, 5.41) is 0. The van der Waals surface area contributed by atoms with E-state index in [9.17, 15) is 14.4 Å². The smallest absolute Gasteiger partial charge is 0.306 e. The Morgan fingerprint density at radius 1 is 0.288 bits per heavy atom. The van der Waals surface area contributed by atoms with Crippen LogP contribution < -0.4 is 0 Å². The molecule has 0 aromatic heterocycles. The molecule has 1 atom stereocenters. The summed E-state index contributed by atoms with van der Waals surface area (Å²) in [6.45, 7) is 6.44. The first-order valence-electron chi connectivity index (χ1n) is 30.4. The summed E-state index contributed by atoms with van der Waals surface area (Å²) in [6.07, 6.45) is 82.3. The summed E-state index contributed by atoms with van der Waals surface area (Å²) in [6, 6.07) is 0. The van der Waals surface area contributed by atoms with Crippen molar-refractivity contribution in [3.05, 3.63) is 109 Å². The van der Waals surface area contributed by atoms with Gasteiger partial charge in [0, 0.05) is 19.3 Å². The van der Waals surface area contributed by atoms with Gasteiger partial charge >= 0.3 is 17.9 Å². The minimum atomic E-state index is -0.816. The van der Waals surface area contributed by atoms with Crippen LogP contribution in [0.1, 0.15) is 278 Å². The van der Waals surface area contributed by atoms with E-state index in [-0.39, 0.29) is 37.5 Å². The molecule has 0 N–H and O–H groups in total. The molecule has 0 radical (unpaired) electrons. The maximum Gasteiger partial charge on any atom is 0.306 e. The second-order valence-corrected chi connectivity index (χ2v) is 19.9. The van der Waals surface area contributed by atoms with Crippen LogP contribution >= 0.6 is 0 Å². The fraction of sp³-hybridized carbons (Fsp3) is 0.687. The molecular weight excluding hydrogens is 901 g/mol. The number of rotatable bonds is 54. The molecule has 6 nitrogen and oxygen atoms in total. The second-order valence-electron chi connectivity index (χ2n) is 19.9. The van der Waals surface area contributed by atoms with E-state index in [1.165, 1.54) is 141 Å². The van der Waals surface area contributed by atoms with Crippen LogP contribution in [0, 0.1) is 0 Å². The predicted molar refractivity (Wildman–Crippen MR) is 316 cm³/mol. The monoisotopic (exact) mass is 1010 g/mol. The topological polar surface area (TPSA) is 78.9 Å². The van der Waals surface area contributed by atoms with Crippen LogP contribution in [0.2, 0.25) is 0 Å². The molecule has 0 unspecified atom stereocenters. The van der Waals surface area contributed by atoms with Gasteiger partial charge < -0.3 is 14.2 Å². The van der Waals surface area contributed by atoms with Gasteiger partial charge in [-0.2, -0.15) is 0 Å². The van der Waals surface area contributed by atoms with Crippen LogP contribution in [0.3, 0.4) is 0 Å². The Morgan fingerprint density at radius 2 is 0.562 bits per heavy atom. The fourth-order valence-electron chi connectivity index (χ4n) is 8.20. The number of hydrogen-bond acceptors (Lipinski definition) is 6. The first kappa shape index (κ1) is 69.1. The largest absolute Gasteiger partial charge is 0.462 e. The molecule has 6 heteroatoms. The van der Waals surface area contributed by atoms with Crippen molar-refractivity contribution < 1.29 is 28.6 Å². The number of esters is 3. The van der Waals surface area contributed by atoms with E-state index in [4.69, 9.17) is 14.2 Å². The molecule has 0 fully saturated rings. The van der Waals surface area contributed by atoms with E-state index < -0.39 is 6.10 Å². The molecule has 416 valence electrons. The Kier molecular flexibility index (Phi) is 57.4. The zero-order valence-corrected chi connectivity index (χ0v) is 47.6. The Balaban J connectivity index is 4.51. The molecule has 0 aromatic carbocycles. The van der Waals surface area contributed by atoms with Gasteiger partial charge in [-0.15, -0.1) is 0 Å². The molecule has 0 rings (SSSR count). The highest BCUT2D eigenvalue weighted by Crippen LogP contribution is 2.15. The molecule has 0 saturated heterocycles. The quantitative estimate of drug-likeness (QED) is 0.0261. The molecule has 0 bridgehead atoms. The summed E-state index contributed by atoms with van der Waals surface area (Å²) >= 11 is 0. The maximum atomic E-state index is 12.9. The molecule has 0 saturated carbocycles. The summed E-state index contributed by atoms with van der Waals surface area (Å²) in [5.41, 5.74) is 0. The lowest BCUT2D eigenvalue weighted by molar-refractivity contribution is -0.166. The molecule has 73 heavy (non-hydrogen) atoms. The maximum absolute atomic E-state index is 12.9. The van der Waals surface area contributed by atoms with Gasteiger partial charge in [0.1, 0.15) is 13.2 Å². The average molecular weight is 1010 g/mol. The second kappa shape index (κ2) is 60.6. The summed E-state index contributed by atoms with van der Waals surface area (Å²) in [7, 11) is 0. The van der Waals surface area contributed by atoms with Gasteiger partial charge in [-0.3, -0.25) is 14.4 Å². The van der Waals surface area contributed by atoms with E-state index in [0.717, 1.165) is 89.9 Å². The lowest BCUT2D eigenvalue weighted by Gasteiger charge is -2.18. The van der Waals surface area contributed by atoms with Gasteiger partial charge in [0.15, 0.2) is 6.10 Å². The van der Waals surface area contributed by atoms with Crippen molar-refractivity contribution >= 4 is 17.9 Å². The molecular formula is C67H112O6. The minimum Gasteiger partial charge on any atom is -0.462 e. The summed E-state index contributed by atoms with van der Waals surface area (Å²) in [5.74, 6) is -0.999. The van der Waals surface area contributed by atoms with Crippen LogP contribution in [0.4, 0.5) is 0 Å². The predicted octanol–water partition coefficient (Wildman–Crippen LogP) is 20.7. The highest BCUT2D eigenvalue weighted by Gasteiger charge is 2.19. The Bertz CT molecular complexity index is 1490. The van der Waals surface area contributed by atoms with Crippen LogP contribution in [0.5, 0.6) is 0 Å². The highest BCUT2D eigenvalue weighted by atomic mass is 16.6. The molecule has 0 amide bonds. The zero-order valence-electron chi connectivity index (χ0n) is 47.6. The van der Waals surface area contributed by atoms with Gasteiger partial charge in [0.05, 0.1) is 0 Å². The minimum absolute atomic E-state index is 0.107. The van der Waals surface area contributed by atoms with Crippen molar-refractivity contribution in [3.63, 3.8) is 0 Å². The third kappa shape index (κ3) is 58.8. The Labute approximate surface area is 450 Å². The highest BCUT2D eigenvalue weighted by molar-refractivity contribution is 5.71. The van der Waals surface area contributed by atoms with E-state index in [2.05, 4.69) is 124 Å². The number of unbranched alkanes of at least 4 members (excludes halogenated alkanes) is 25. The van der Waals surface area contributed by atoms with Crippen molar-refractivity contribution in [1.29, 1.82) is 0 Å². The van der Waals surface area contributed by atoms with Gasteiger partial charge in [-0.25, -0.2) is 0 Å². The number of carbonyl (C=O) groups is 3. The van der Waals surface area contributed by atoms with Crippen LogP contribution in [-0.4, -0.2) is 37.2 Å². The number of allylic oxidation sites excluding steroid dienone is 18. The van der Waals surface area contributed by atoms with Crippen LogP contribution in [-0.2, 0) is 28.6 Å². The lowest BCUT2D eigenvalue weighted by atomic mass is 10.1. The molecule has 0 aromatic rings. The van der Waals surface area contributed by atoms with E-state index in [0.29, 0.717) is 19.3 Å². The standard InChI is InChI=1S/C67H112O6/c1-4-7-10-13-16-19-22-25-28-31-33-36-39-42-45-48-51-54-57-60-66(69)72-63-64(62-71-65(68)59-56-53-50-47-44-41-38-35-30-27-24-21-18-15-12-9-6-3)73-67(70)61-58-55-52-49-46-43-40-37-34-32-29-26-23-20-17-14-11-8-5-2/h7,10,16,18-19,21,25-30,33,36,42,45,51,54,64H,4-6,8-9,11-15,17,20,22-24,31-32,34-35,37-41,43-44,46-50,52-53,55-63H2,1-3H3/b10-7-,19-16-,21-18-,28-25-,29-26-,30-27-,36-33-,45-42-,54-51-/t64-/m1/s1. The van der Waals surface area contributed by atoms with E-state index in [1.807, 2.05) is 6.08 Å². The van der Waals surface area contributed by atoms with Crippen molar-refractivity contribution in [2.45, 2.75) is 284 Å². The molecule has 0 heterocycles. The number of ether oxygens (including phenoxy) is 3. The van der Waals surface area contributed by atoms with Crippen molar-refractivity contribution in [3.8, 4) is 0 Å². The van der Waals surface area contributed by atoms with Crippen molar-refractivity contribution in [1.82, 2.24) is 0 Å². The van der Waals surface area contributed by atoms with Crippen molar-refractivity contribution in [2.24, 2.45) is 0 Å². The van der Waals surface area contributed by atoms with E-state index in [1.54, 1.807) is 0 Å². The summed E-state index contributed by atoms with van der Waals surface area (Å²) in [4.78, 5) is 38.2. The molecule has 0 aliphatic rings. The molecule has 0 aliphatic heterocycles. The van der Waals surface area contributed by atoms with Crippen molar-refractivity contribution in [2.75, 3.05) is 13.2 Å². The summed E-state index contributed by atoms with van der Waals surface area (Å²) < 4.78 is 16.8. The van der Waals surface area contributed by atoms with Crippen LogP contribution in [0.15, 0.2) is 109 Å². The molecule has 0 aliphatic carbocycles. The fourth-order valence-corrected chi connectivity index (χ4v) is 8.20. The Hall–Kier alpha value is -3.93. The number of hydrogen-bond donors (Lipinski definition) is 0. The first-order valence-corrected chi connectivity index (χ1v) is 30.4. The van der Waals surface area contributed by atoms with Gasteiger partial charge in [0.25, 0.3) is 0 Å². The van der Waals surface area contributed by atoms with Gasteiger partial charge in [-0.1, -0.05) is 252 Å². The Morgan fingerprint density at radius 3 is 0.959 bits per heavy atom. The average Bonchev–Trinajstić information content (AvgIpc) is 3.39. The van der Waals surface area contributed by atoms with Gasteiger partial charge in [0.2, 0.25) is 0 Å². The first-order chi connectivity index (χ1) is 36.0. The van der Waals surface area contributed by atoms with Gasteiger partial charge in [-0.05, 0) is 116 Å². The molecule has 0 spiro atoms.